The molecule has 0 saturated carbocycles. The van der Waals surface area contributed by atoms with Crippen LogP contribution in [0.2, 0.25) is 5.02 Å². The Kier molecular flexibility index (Phi) is 6.97. The Hall–Kier alpha value is -2.32. The maximum absolute atomic E-state index is 12.8. The van der Waals surface area contributed by atoms with Crippen molar-refractivity contribution in [3.05, 3.63) is 63.4 Å². The van der Waals surface area contributed by atoms with Gasteiger partial charge < -0.3 is 4.90 Å². The first-order valence-electron chi connectivity index (χ1n) is 10.1. The van der Waals surface area contributed by atoms with Crippen molar-refractivity contribution in [1.29, 1.82) is 0 Å². The van der Waals surface area contributed by atoms with E-state index in [1.807, 2.05) is 41.8 Å². The predicted molar refractivity (Wildman–Crippen MR) is 131 cm³/mol. The number of carbonyl (C=O) groups excluding carboxylic acids is 1. The van der Waals surface area contributed by atoms with E-state index in [1.165, 1.54) is 11.3 Å². The molecule has 31 heavy (non-hydrogen) atoms. The van der Waals surface area contributed by atoms with Crippen LogP contribution in [0.25, 0.3) is 21.5 Å². The van der Waals surface area contributed by atoms with E-state index in [-0.39, 0.29) is 5.91 Å². The number of thiazole rings is 1. The van der Waals surface area contributed by atoms with Crippen molar-refractivity contribution in [2.24, 2.45) is 0 Å². The number of benzene rings is 1. The SMILES string of the molecule is CCCCN(C)Cc1sc(NC(=O)c2ccc3ccccc3n2)nc1-c1cc(Cl)cs1. The van der Waals surface area contributed by atoms with Crippen LogP contribution in [0.5, 0.6) is 0 Å². The van der Waals surface area contributed by atoms with E-state index in [9.17, 15) is 4.79 Å². The molecule has 0 fully saturated rings. The van der Waals surface area contributed by atoms with Gasteiger partial charge in [-0.2, -0.15) is 0 Å². The normalized spacial score (nSPS) is 11.4. The molecule has 0 aliphatic rings. The lowest BCUT2D eigenvalue weighted by Gasteiger charge is -2.15. The first-order chi connectivity index (χ1) is 15.0. The van der Waals surface area contributed by atoms with E-state index in [0.29, 0.717) is 15.8 Å². The number of halogens is 1. The Labute approximate surface area is 194 Å². The number of carbonyl (C=O) groups is 1. The summed E-state index contributed by atoms with van der Waals surface area (Å²) in [7, 11) is 2.11. The fraction of sp³-hybridized carbons (Fsp3) is 0.261. The van der Waals surface area contributed by atoms with Crippen molar-refractivity contribution >= 4 is 56.2 Å². The second kappa shape index (κ2) is 9.87. The zero-order valence-electron chi connectivity index (χ0n) is 17.4. The van der Waals surface area contributed by atoms with Gasteiger partial charge in [0.15, 0.2) is 5.13 Å². The number of para-hydroxylation sites is 1. The quantitative estimate of drug-likeness (QED) is 0.317. The monoisotopic (exact) mass is 470 g/mol. The molecule has 1 amide bonds. The molecule has 1 N–H and O–H groups in total. The number of hydrogen-bond acceptors (Lipinski definition) is 6. The topological polar surface area (TPSA) is 58.1 Å². The van der Waals surface area contributed by atoms with Crippen LogP contribution in [0.3, 0.4) is 0 Å². The van der Waals surface area contributed by atoms with E-state index in [1.54, 1.807) is 17.4 Å². The van der Waals surface area contributed by atoms with Crippen LogP contribution < -0.4 is 5.32 Å². The fourth-order valence-electron chi connectivity index (χ4n) is 3.25. The van der Waals surface area contributed by atoms with E-state index in [2.05, 4.69) is 29.2 Å². The van der Waals surface area contributed by atoms with E-state index >= 15 is 0 Å². The largest absolute Gasteiger partial charge is 0.301 e. The maximum atomic E-state index is 12.8. The molecule has 0 unspecified atom stereocenters. The molecule has 3 heterocycles. The second-order valence-corrected chi connectivity index (χ2v) is 9.79. The predicted octanol–water partition coefficient (Wildman–Crippen LogP) is 6.56. The molecule has 8 heteroatoms. The Bertz CT molecular complexity index is 1200. The summed E-state index contributed by atoms with van der Waals surface area (Å²) in [6.07, 6.45) is 2.30. The highest BCUT2D eigenvalue weighted by Crippen LogP contribution is 2.36. The van der Waals surface area contributed by atoms with Crippen molar-refractivity contribution in [3.63, 3.8) is 0 Å². The Balaban J connectivity index is 1.58. The Morgan fingerprint density at radius 2 is 2.03 bits per heavy atom. The number of nitrogens with zero attached hydrogens (tertiary/aromatic N) is 3. The molecule has 5 nitrogen and oxygen atoms in total. The molecule has 0 spiro atoms. The molecule has 4 rings (SSSR count). The number of aromatic nitrogens is 2. The number of fused-ring (bicyclic) bond motifs is 1. The maximum Gasteiger partial charge on any atom is 0.276 e. The summed E-state index contributed by atoms with van der Waals surface area (Å²) in [5, 5.41) is 7.11. The second-order valence-electron chi connectivity index (χ2n) is 7.35. The van der Waals surface area contributed by atoms with Crippen LogP contribution in [0.1, 0.15) is 35.1 Å². The van der Waals surface area contributed by atoms with Gasteiger partial charge >= 0.3 is 0 Å². The summed E-state index contributed by atoms with van der Waals surface area (Å²) in [6, 6.07) is 13.3. The molecule has 1 aromatic carbocycles. The average molecular weight is 471 g/mol. The van der Waals surface area contributed by atoms with Crippen LogP contribution >= 0.6 is 34.3 Å². The van der Waals surface area contributed by atoms with Crippen LogP contribution in [0.15, 0.2) is 47.8 Å². The Morgan fingerprint density at radius 3 is 2.81 bits per heavy atom. The van der Waals surface area contributed by atoms with E-state index in [0.717, 1.165) is 52.3 Å². The molecule has 0 aliphatic carbocycles. The van der Waals surface area contributed by atoms with Crippen molar-refractivity contribution < 1.29 is 4.79 Å². The molecule has 0 saturated heterocycles. The molecule has 0 atom stereocenters. The minimum Gasteiger partial charge on any atom is -0.301 e. The van der Waals surface area contributed by atoms with Crippen LogP contribution in [-0.2, 0) is 6.54 Å². The average Bonchev–Trinajstić information content (AvgIpc) is 3.37. The molecular formula is C23H23ClN4OS2. The summed E-state index contributed by atoms with van der Waals surface area (Å²) >= 11 is 9.22. The first kappa shape index (κ1) is 21.9. The first-order valence-corrected chi connectivity index (χ1v) is 12.2. The van der Waals surface area contributed by atoms with Gasteiger partial charge in [0.1, 0.15) is 5.69 Å². The van der Waals surface area contributed by atoms with Gasteiger partial charge in [0.05, 0.1) is 21.1 Å². The van der Waals surface area contributed by atoms with Gasteiger partial charge in [0.25, 0.3) is 5.91 Å². The van der Waals surface area contributed by atoms with Gasteiger partial charge in [0, 0.05) is 22.2 Å². The van der Waals surface area contributed by atoms with Gasteiger partial charge in [-0.25, -0.2) is 9.97 Å². The lowest BCUT2D eigenvalue weighted by Crippen LogP contribution is -2.18. The number of hydrogen-bond donors (Lipinski definition) is 1. The van der Waals surface area contributed by atoms with Crippen molar-refractivity contribution in [2.75, 3.05) is 18.9 Å². The number of pyridine rings is 1. The van der Waals surface area contributed by atoms with Gasteiger partial charge in [-0.15, -0.1) is 11.3 Å². The van der Waals surface area contributed by atoms with Crippen molar-refractivity contribution in [1.82, 2.24) is 14.9 Å². The molecular weight excluding hydrogens is 448 g/mol. The third-order valence-corrected chi connectivity index (χ3v) is 7.10. The lowest BCUT2D eigenvalue weighted by molar-refractivity contribution is 0.102. The van der Waals surface area contributed by atoms with Crippen molar-refractivity contribution in [2.45, 2.75) is 26.3 Å². The Morgan fingerprint density at radius 1 is 1.19 bits per heavy atom. The molecule has 0 bridgehead atoms. The number of nitrogens with one attached hydrogen (secondary N) is 1. The zero-order valence-corrected chi connectivity index (χ0v) is 19.8. The van der Waals surface area contributed by atoms with E-state index < -0.39 is 0 Å². The zero-order chi connectivity index (χ0) is 21.8. The fourth-order valence-corrected chi connectivity index (χ4v) is 5.45. The summed E-state index contributed by atoms with van der Waals surface area (Å²) in [4.78, 5) is 26.5. The van der Waals surface area contributed by atoms with Gasteiger partial charge in [-0.3, -0.25) is 10.1 Å². The van der Waals surface area contributed by atoms with Gasteiger partial charge in [-0.1, -0.05) is 60.5 Å². The molecule has 4 aromatic rings. The molecule has 0 radical (unpaired) electrons. The highest BCUT2D eigenvalue weighted by atomic mass is 35.5. The standard InChI is InChI=1S/C23H23ClN4OS2/c1-3-4-11-28(2)13-20-21(19-12-16(24)14-30-19)26-23(31-20)27-22(29)18-10-9-15-7-5-6-8-17(15)25-18/h5-10,12,14H,3-4,11,13H2,1-2H3,(H,26,27,29). The van der Waals surface area contributed by atoms with Gasteiger partial charge in [0.2, 0.25) is 0 Å². The summed E-state index contributed by atoms with van der Waals surface area (Å²) in [6.45, 7) is 3.97. The third kappa shape index (κ3) is 5.30. The smallest absolute Gasteiger partial charge is 0.276 e. The third-order valence-electron chi connectivity index (χ3n) is 4.86. The number of anilines is 1. The molecule has 0 aliphatic heterocycles. The minimum atomic E-state index is -0.263. The summed E-state index contributed by atoms with van der Waals surface area (Å²) in [5.41, 5.74) is 2.05. The van der Waals surface area contributed by atoms with E-state index in [4.69, 9.17) is 16.6 Å². The molecule has 3 aromatic heterocycles. The van der Waals surface area contributed by atoms with Crippen molar-refractivity contribution in [3.8, 4) is 10.6 Å². The number of rotatable bonds is 8. The molecule has 160 valence electrons. The number of thiophene rings is 1. The highest BCUT2D eigenvalue weighted by Gasteiger charge is 2.19. The summed E-state index contributed by atoms with van der Waals surface area (Å²) in [5.74, 6) is -0.263. The number of amides is 1. The minimum absolute atomic E-state index is 0.263. The number of unbranched alkanes of at least 4 members (excludes halogenated alkanes) is 1. The summed E-state index contributed by atoms with van der Waals surface area (Å²) < 4.78 is 0. The van der Waals surface area contributed by atoms with Crippen LogP contribution in [0.4, 0.5) is 5.13 Å². The highest BCUT2D eigenvalue weighted by molar-refractivity contribution is 7.17. The van der Waals surface area contributed by atoms with Crippen LogP contribution in [0, 0.1) is 0 Å². The van der Waals surface area contributed by atoms with Crippen LogP contribution in [-0.4, -0.2) is 34.4 Å². The lowest BCUT2D eigenvalue weighted by atomic mass is 10.2. The van der Waals surface area contributed by atoms with Gasteiger partial charge in [-0.05, 0) is 38.2 Å².